The number of amides is 3. The molecule has 3 aromatic heterocycles. The number of urea groups is 1. The summed E-state index contributed by atoms with van der Waals surface area (Å²) in [6, 6.07) is 0.579. The Labute approximate surface area is 271 Å². The molecule has 3 amide bonds. The lowest BCUT2D eigenvalue weighted by atomic mass is 9.97. The highest BCUT2D eigenvalue weighted by Gasteiger charge is 2.41. The molecule has 0 saturated carbocycles. The van der Waals surface area contributed by atoms with E-state index < -0.39 is 51.2 Å². The molecule has 1 aliphatic rings. The Morgan fingerprint density at radius 2 is 1.70 bits per heavy atom. The quantitative estimate of drug-likeness (QED) is 0.270. The highest BCUT2D eigenvalue weighted by atomic mass is 32.1. The van der Waals surface area contributed by atoms with E-state index in [9.17, 15) is 32.3 Å². The number of esters is 2. The Morgan fingerprint density at radius 3 is 2.34 bits per heavy atom. The molecule has 3 N–H and O–H groups in total. The summed E-state index contributed by atoms with van der Waals surface area (Å²) in [5.41, 5.74) is -2.00. The first-order valence-electron chi connectivity index (χ1n) is 14.3. The fraction of sp³-hybridized carbons (Fsp3) is 0.414. The van der Waals surface area contributed by atoms with Crippen molar-refractivity contribution in [2.24, 2.45) is 0 Å². The van der Waals surface area contributed by atoms with Gasteiger partial charge in [0, 0.05) is 81.1 Å². The molecule has 0 spiro atoms. The van der Waals surface area contributed by atoms with Crippen molar-refractivity contribution < 1.29 is 41.8 Å². The van der Waals surface area contributed by atoms with Crippen molar-refractivity contribution >= 4 is 41.0 Å². The van der Waals surface area contributed by atoms with Crippen LogP contribution in [-0.2, 0) is 15.7 Å². The monoisotopic (exact) mass is 678 g/mol. The Bertz CT molecular complexity index is 1640. The van der Waals surface area contributed by atoms with E-state index in [4.69, 9.17) is 9.47 Å². The molecular weight excluding hydrogens is 645 g/mol. The Hall–Kier alpha value is -4.68. The molecule has 1 saturated heterocycles. The van der Waals surface area contributed by atoms with E-state index in [0.29, 0.717) is 17.9 Å². The average Bonchev–Trinajstić information content (AvgIpc) is 3.51. The molecule has 1 fully saturated rings. The molecule has 1 aliphatic heterocycles. The number of nitrogens with zero attached hydrogens (tertiary/aromatic N) is 5. The van der Waals surface area contributed by atoms with Crippen LogP contribution in [-0.4, -0.2) is 116 Å². The van der Waals surface area contributed by atoms with Crippen LogP contribution in [0.5, 0.6) is 0 Å². The fourth-order valence-corrected chi connectivity index (χ4v) is 5.80. The van der Waals surface area contributed by atoms with Crippen molar-refractivity contribution in [2.75, 3.05) is 72.4 Å². The number of alkyl halides is 3. The van der Waals surface area contributed by atoms with Gasteiger partial charge in [-0.15, -0.1) is 11.3 Å². The number of aromatic nitrogens is 3. The van der Waals surface area contributed by atoms with E-state index in [-0.39, 0.29) is 41.2 Å². The number of halogens is 3. The molecule has 0 atom stereocenters. The number of nitrogens with one attached hydrogen (secondary N) is 3. The van der Waals surface area contributed by atoms with Crippen molar-refractivity contribution in [3.05, 3.63) is 46.4 Å². The minimum absolute atomic E-state index is 0.00405. The molecular formula is C29H33F3N8O6S. The van der Waals surface area contributed by atoms with Gasteiger partial charge in [0.15, 0.2) is 5.69 Å². The van der Waals surface area contributed by atoms with Crippen LogP contribution in [0.15, 0.2) is 24.7 Å². The summed E-state index contributed by atoms with van der Waals surface area (Å²) < 4.78 is 52.8. The maximum Gasteiger partial charge on any atom is 0.435 e. The first kappa shape index (κ1) is 35.2. The van der Waals surface area contributed by atoms with Crippen LogP contribution in [0.25, 0.3) is 21.7 Å². The zero-order valence-electron chi connectivity index (χ0n) is 26.0. The largest absolute Gasteiger partial charge is 0.465 e. The van der Waals surface area contributed by atoms with Gasteiger partial charge in [-0.1, -0.05) is 0 Å². The SMILES string of the molecule is CCNC(=O)Nc1ncc(-c2cncc(C(=O)OC)c2)c(-c2nc(C(F)(F)F)c(C(=O)NCCN3CCN(C)CC3)s2)c1C(=O)OC. The standard InChI is InChI=1S/C29H33F3N8O6S/c1-5-34-28(44)38-23-20(27(43)46-4)19(18(15-36-23)16-12-17(14-33-13-16)26(42)45-3)25-37-22(29(30,31)32)21(47-25)24(41)35-6-7-40-10-8-39(2)9-11-40/h12-15H,5-11H2,1-4H3,(H,35,41)(H2,34,36,38,44). The zero-order valence-corrected chi connectivity index (χ0v) is 26.8. The number of pyridine rings is 2. The number of methoxy groups -OCH3 is 2. The lowest BCUT2D eigenvalue weighted by molar-refractivity contribution is -0.141. The maximum absolute atomic E-state index is 14.4. The Balaban J connectivity index is 1.86. The lowest BCUT2D eigenvalue weighted by Crippen LogP contribution is -2.46. The van der Waals surface area contributed by atoms with Crippen LogP contribution >= 0.6 is 11.3 Å². The van der Waals surface area contributed by atoms with E-state index in [1.807, 2.05) is 7.05 Å². The van der Waals surface area contributed by atoms with Gasteiger partial charge >= 0.3 is 24.1 Å². The number of likely N-dealkylation sites (N-methyl/N-ethyl adjacent to an activating group) is 1. The molecule has 18 heteroatoms. The van der Waals surface area contributed by atoms with Gasteiger partial charge in [-0.05, 0) is 20.0 Å². The van der Waals surface area contributed by atoms with Crippen molar-refractivity contribution in [1.82, 2.24) is 35.4 Å². The van der Waals surface area contributed by atoms with Crippen LogP contribution in [0.1, 0.15) is 43.0 Å². The molecule has 0 unspecified atom stereocenters. The third kappa shape index (κ3) is 8.38. The third-order valence-electron chi connectivity index (χ3n) is 7.13. The van der Waals surface area contributed by atoms with E-state index in [2.05, 4.69) is 40.7 Å². The van der Waals surface area contributed by atoms with E-state index in [1.54, 1.807) is 6.92 Å². The van der Waals surface area contributed by atoms with Gasteiger partial charge in [0.2, 0.25) is 0 Å². The second-order valence-electron chi connectivity index (χ2n) is 10.3. The van der Waals surface area contributed by atoms with Crippen LogP contribution in [0.4, 0.5) is 23.8 Å². The number of carbonyl (C=O) groups excluding carboxylic acids is 4. The van der Waals surface area contributed by atoms with E-state index in [0.717, 1.165) is 40.4 Å². The van der Waals surface area contributed by atoms with Crippen molar-refractivity contribution in [1.29, 1.82) is 0 Å². The second-order valence-corrected chi connectivity index (χ2v) is 11.3. The molecule has 252 valence electrons. The molecule has 4 heterocycles. The molecule has 47 heavy (non-hydrogen) atoms. The summed E-state index contributed by atoms with van der Waals surface area (Å²) in [5, 5.41) is 7.04. The van der Waals surface area contributed by atoms with Crippen LogP contribution in [0.3, 0.4) is 0 Å². The van der Waals surface area contributed by atoms with Crippen molar-refractivity contribution in [3.63, 3.8) is 0 Å². The van der Waals surface area contributed by atoms with E-state index in [1.165, 1.54) is 24.7 Å². The summed E-state index contributed by atoms with van der Waals surface area (Å²) in [7, 11) is 4.19. The first-order chi connectivity index (χ1) is 22.4. The van der Waals surface area contributed by atoms with Crippen LogP contribution in [0.2, 0.25) is 0 Å². The minimum atomic E-state index is -5.05. The van der Waals surface area contributed by atoms with Crippen LogP contribution < -0.4 is 16.0 Å². The zero-order chi connectivity index (χ0) is 34.3. The Kier molecular flexibility index (Phi) is 11.4. The van der Waals surface area contributed by atoms with Gasteiger partial charge in [-0.2, -0.15) is 13.2 Å². The molecule has 0 bridgehead atoms. The summed E-state index contributed by atoms with van der Waals surface area (Å²) >= 11 is 0.398. The molecule has 0 radical (unpaired) electrons. The van der Waals surface area contributed by atoms with Gasteiger partial charge in [0.1, 0.15) is 21.3 Å². The normalized spacial score (nSPS) is 13.9. The summed E-state index contributed by atoms with van der Waals surface area (Å²) in [4.78, 5) is 66.7. The number of thiazole rings is 1. The Morgan fingerprint density at radius 1 is 1.00 bits per heavy atom. The molecule has 0 aliphatic carbocycles. The van der Waals surface area contributed by atoms with Gasteiger partial charge < -0.3 is 25.0 Å². The number of carbonyl (C=O) groups is 4. The fourth-order valence-electron chi connectivity index (χ4n) is 4.73. The number of piperazine rings is 1. The highest BCUT2D eigenvalue weighted by molar-refractivity contribution is 7.17. The number of ether oxygens (including phenoxy) is 2. The predicted octanol–water partition coefficient (Wildman–Crippen LogP) is 2.98. The van der Waals surface area contributed by atoms with Crippen molar-refractivity contribution in [2.45, 2.75) is 13.1 Å². The number of hydrogen-bond donors (Lipinski definition) is 3. The van der Waals surface area contributed by atoms with Gasteiger partial charge in [-0.25, -0.2) is 24.4 Å². The van der Waals surface area contributed by atoms with E-state index >= 15 is 0 Å². The lowest BCUT2D eigenvalue weighted by Gasteiger charge is -2.32. The van der Waals surface area contributed by atoms with Crippen LogP contribution in [0, 0.1) is 0 Å². The molecule has 4 rings (SSSR count). The first-order valence-corrected chi connectivity index (χ1v) is 15.2. The van der Waals surface area contributed by atoms with Gasteiger partial charge in [0.25, 0.3) is 5.91 Å². The van der Waals surface area contributed by atoms with Gasteiger partial charge in [-0.3, -0.25) is 20.0 Å². The second kappa shape index (κ2) is 15.3. The third-order valence-corrected chi connectivity index (χ3v) is 8.20. The molecule has 3 aromatic rings. The predicted molar refractivity (Wildman–Crippen MR) is 165 cm³/mol. The van der Waals surface area contributed by atoms with Gasteiger partial charge in [0.05, 0.1) is 19.8 Å². The molecule has 0 aromatic carbocycles. The molecule has 14 nitrogen and oxygen atoms in total. The van der Waals surface area contributed by atoms with Crippen molar-refractivity contribution in [3.8, 4) is 21.7 Å². The summed E-state index contributed by atoms with van der Waals surface area (Å²) in [5.74, 6) is -3.16. The number of rotatable bonds is 10. The smallest absolute Gasteiger partial charge is 0.435 e. The summed E-state index contributed by atoms with van der Waals surface area (Å²) in [6.45, 7) is 5.56. The highest BCUT2D eigenvalue weighted by Crippen LogP contribution is 2.43. The minimum Gasteiger partial charge on any atom is -0.465 e. The number of anilines is 1. The number of hydrogen-bond acceptors (Lipinski definition) is 12. The summed E-state index contributed by atoms with van der Waals surface area (Å²) in [6.07, 6.45) is -1.38. The topological polar surface area (TPSA) is 168 Å². The maximum atomic E-state index is 14.4. The average molecular weight is 679 g/mol.